The van der Waals surface area contributed by atoms with E-state index in [1.807, 2.05) is 0 Å². The van der Waals surface area contributed by atoms with Crippen LogP contribution in [0.4, 0.5) is 4.79 Å². The van der Waals surface area contributed by atoms with Crippen LogP contribution in [0.5, 0.6) is 0 Å². The van der Waals surface area contributed by atoms with Crippen molar-refractivity contribution < 1.29 is 9.53 Å². The molecule has 1 aromatic rings. The monoisotopic (exact) mass is 278 g/mol. The maximum Gasteiger partial charge on any atom is 0.314 e. The summed E-state index contributed by atoms with van der Waals surface area (Å²) in [7, 11) is 1.61. The van der Waals surface area contributed by atoms with Crippen LogP contribution in [-0.2, 0) is 16.6 Å². The normalized spacial score (nSPS) is 11.2. The molecule has 112 valence electrons. The summed E-state index contributed by atoms with van der Waals surface area (Å²) in [5.74, 6) is 0. The van der Waals surface area contributed by atoms with E-state index in [2.05, 4.69) is 55.7 Å². The molecule has 0 heterocycles. The summed E-state index contributed by atoms with van der Waals surface area (Å²) in [6.45, 7) is 8.30. The van der Waals surface area contributed by atoms with Gasteiger partial charge in [-0.15, -0.1) is 0 Å². The number of carbonyl (C=O) groups excluding carboxylic acids is 1. The lowest BCUT2D eigenvalue weighted by Crippen LogP contribution is -2.38. The summed E-state index contributed by atoms with van der Waals surface area (Å²) < 4.78 is 4.86. The Hall–Kier alpha value is -1.55. The number of nitrogens with one attached hydrogen (secondary N) is 2. The highest BCUT2D eigenvalue weighted by molar-refractivity contribution is 5.73. The molecule has 0 radical (unpaired) electrons. The van der Waals surface area contributed by atoms with Crippen LogP contribution in [0.2, 0.25) is 0 Å². The summed E-state index contributed by atoms with van der Waals surface area (Å²) >= 11 is 0. The SMILES string of the molecule is COCCNC(=O)NCCc1ccc(C(C)(C)C)cc1. The van der Waals surface area contributed by atoms with Gasteiger partial charge in [0.25, 0.3) is 0 Å². The van der Waals surface area contributed by atoms with Crippen molar-refractivity contribution in [3.63, 3.8) is 0 Å². The van der Waals surface area contributed by atoms with E-state index in [-0.39, 0.29) is 11.4 Å². The number of hydrogen-bond donors (Lipinski definition) is 2. The minimum Gasteiger partial charge on any atom is -0.383 e. The molecule has 0 spiro atoms. The highest BCUT2D eigenvalue weighted by atomic mass is 16.5. The first-order valence-corrected chi connectivity index (χ1v) is 7.03. The van der Waals surface area contributed by atoms with Gasteiger partial charge in [-0.3, -0.25) is 0 Å². The van der Waals surface area contributed by atoms with Crippen molar-refractivity contribution in [1.29, 1.82) is 0 Å². The number of methoxy groups -OCH3 is 1. The van der Waals surface area contributed by atoms with Crippen LogP contribution in [0.3, 0.4) is 0 Å². The Bertz CT molecular complexity index is 407. The zero-order valence-electron chi connectivity index (χ0n) is 13.0. The van der Waals surface area contributed by atoms with Crippen molar-refractivity contribution in [2.45, 2.75) is 32.6 Å². The summed E-state index contributed by atoms with van der Waals surface area (Å²) in [5, 5.41) is 5.55. The van der Waals surface area contributed by atoms with E-state index >= 15 is 0 Å². The Morgan fingerprint density at radius 3 is 2.25 bits per heavy atom. The largest absolute Gasteiger partial charge is 0.383 e. The molecule has 0 fully saturated rings. The number of ether oxygens (including phenoxy) is 1. The van der Waals surface area contributed by atoms with Gasteiger partial charge >= 0.3 is 6.03 Å². The second-order valence-electron chi connectivity index (χ2n) is 5.87. The number of benzene rings is 1. The Balaban J connectivity index is 2.30. The fourth-order valence-electron chi connectivity index (χ4n) is 1.82. The van der Waals surface area contributed by atoms with Crippen LogP contribution < -0.4 is 10.6 Å². The van der Waals surface area contributed by atoms with E-state index in [1.54, 1.807) is 7.11 Å². The van der Waals surface area contributed by atoms with Gasteiger partial charge in [0, 0.05) is 20.2 Å². The molecule has 0 atom stereocenters. The first-order chi connectivity index (χ1) is 9.43. The van der Waals surface area contributed by atoms with Crippen molar-refractivity contribution >= 4 is 6.03 Å². The molecule has 0 saturated carbocycles. The molecule has 0 aliphatic rings. The van der Waals surface area contributed by atoms with E-state index in [0.717, 1.165) is 6.42 Å². The van der Waals surface area contributed by atoms with Crippen molar-refractivity contribution in [2.24, 2.45) is 0 Å². The molecular formula is C16H26N2O2. The minimum absolute atomic E-state index is 0.145. The second kappa shape index (κ2) is 7.90. The first-order valence-electron chi connectivity index (χ1n) is 7.03. The van der Waals surface area contributed by atoms with Gasteiger partial charge in [0.05, 0.1) is 6.61 Å². The van der Waals surface area contributed by atoms with Crippen LogP contribution >= 0.6 is 0 Å². The molecule has 0 aliphatic heterocycles. The van der Waals surface area contributed by atoms with E-state index in [9.17, 15) is 4.79 Å². The molecule has 20 heavy (non-hydrogen) atoms. The van der Waals surface area contributed by atoms with Gasteiger partial charge in [-0.2, -0.15) is 0 Å². The molecule has 0 bridgehead atoms. The van der Waals surface area contributed by atoms with Crippen LogP contribution in [0, 0.1) is 0 Å². The van der Waals surface area contributed by atoms with Crippen molar-refractivity contribution in [1.82, 2.24) is 10.6 Å². The van der Waals surface area contributed by atoms with Gasteiger partial charge in [-0.1, -0.05) is 45.0 Å². The Kier molecular flexibility index (Phi) is 6.52. The molecule has 0 unspecified atom stereocenters. The summed E-state index contributed by atoms with van der Waals surface area (Å²) in [4.78, 5) is 11.4. The van der Waals surface area contributed by atoms with Crippen molar-refractivity contribution in [3.8, 4) is 0 Å². The average molecular weight is 278 g/mol. The van der Waals surface area contributed by atoms with E-state index in [0.29, 0.717) is 19.7 Å². The van der Waals surface area contributed by atoms with Crippen molar-refractivity contribution in [3.05, 3.63) is 35.4 Å². The third-order valence-corrected chi connectivity index (χ3v) is 3.11. The van der Waals surface area contributed by atoms with Gasteiger partial charge < -0.3 is 15.4 Å². The summed E-state index contributed by atoms with van der Waals surface area (Å²) in [6.07, 6.45) is 0.835. The molecular weight excluding hydrogens is 252 g/mol. The Labute approximate surface area is 121 Å². The molecule has 0 aliphatic carbocycles. The molecule has 4 nitrogen and oxygen atoms in total. The van der Waals surface area contributed by atoms with Crippen LogP contribution in [-0.4, -0.2) is 32.8 Å². The standard InChI is InChI=1S/C16H26N2O2/c1-16(2,3)14-7-5-13(6-8-14)9-10-17-15(19)18-11-12-20-4/h5-8H,9-12H2,1-4H3,(H2,17,18,19). The molecule has 2 amide bonds. The number of urea groups is 1. The first kappa shape index (κ1) is 16.5. The number of rotatable bonds is 6. The van der Waals surface area contributed by atoms with E-state index in [4.69, 9.17) is 4.74 Å². The number of amides is 2. The number of hydrogen-bond acceptors (Lipinski definition) is 2. The van der Waals surface area contributed by atoms with Gasteiger partial charge in [0.15, 0.2) is 0 Å². The molecule has 1 rings (SSSR count). The molecule has 0 saturated heterocycles. The quantitative estimate of drug-likeness (QED) is 0.785. The fourth-order valence-corrected chi connectivity index (χ4v) is 1.82. The second-order valence-corrected chi connectivity index (χ2v) is 5.87. The molecule has 0 aromatic heterocycles. The zero-order valence-corrected chi connectivity index (χ0v) is 13.0. The summed E-state index contributed by atoms with van der Waals surface area (Å²) in [5.41, 5.74) is 2.74. The number of carbonyl (C=O) groups is 1. The third-order valence-electron chi connectivity index (χ3n) is 3.11. The average Bonchev–Trinajstić information content (AvgIpc) is 2.38. The molecule has 4 heteroatoms. The van der Waals surface area contributed by atoms with Crippen molar-refractivity contribution in [2.75, 3.05) is 26.8 Å². The third kappa shape index (κ3) is 6.06. The maximum absolute atomic E-state index is 11.4. The fraction of sp³-hybridized carbons (Fsp3) is 0.562. The van der Waals surface area contributed by atoms with Gasteiger partial charge in [-0.25, -0.2) is 4.79 Å². The lowest BCUT2D eigenvalue weighted by atomic mass is 9.86. The predicted molar refractivity (Wildman–Crippen MR) is 82.1 cm³/mol. The highest BCUT2D eigenvalue weighted by Crippen LogP contribution is 2.22. The highest BCUT2D eigenvalue weighted by Gasteiger charge is 2.12. The topological polar surface area (TPSA) is 50.4 Å². The van der Waals surface area contributed by atoms with Gasteiger partial charge in [-0.05, 0) is 23.0 Å². The Morgan fingerprint density at radius 2 is 1.70 bits per heavy atom. The molecule has 2 N–H and O–H groups in total. The smallest absolute Gasteiger partial charge is 0.314 e. The lowest BCUT2D eigenvalue weighted by molar-refractivity contribution is 0.196. The maximum atomic E-state index is 11.4. The van der Waals surface area contributed by atoms with Crippen LogP contribution in [0.15, 0.2) is 24.3 Å². The van der Waals surface area contributed by atoms with Gasteiger partial charge in [0.1, 0.15) is 0 Å². The lowest BCUT2D eigenvalue weighted by Gasteiger charge is -2.19. The van der Waals surface area contributed by atoms with Crippen LogP contribution in [0.1, 0.15) is 31.9 Å². The zero-order chi connectivity index (χ0) is 15.0. The van der Waals surface area contributed by atoms with E-state index < -0.39 is 0 Å². The minimum atomic E-state index is -0.145. The Morgan fingerprint density at radius 1 is 1.10 bits per heavy atom. The van der Waals surface area contributed by atoms with E-state index in [1.165, 1.54) is 11.1 Å². The molecule has 1 aromatic carbocycles. The summed E-state index contributed by atoms with van der Waals surface area (Å²) in [6, 6.07) is 8.44. The van der Waals surface area contributed by atoms with Crippen LogP contribution in [0.25, 0.3) is 0 Å². The predicted octanol–water partition coefficient (Wildman–Crippen LogP) is 2.47. The van der Waals surface area contributed by atoms with Gasteiger partial charge in [0.2, 0.25) is 0 Å².